The van der Waals surface area contributed by atoms with Crippen LogP contribution in [0, 0.1) is 0 Å². The van der Waals surface area contributed by atoms with E-state index in [1.54, 1.807) is 29.4 Å². The van der Waals surface area contributed by atoms with Gasteiger partial charge < -0.3 is 24.9 Å². The second-order valence-corrected chi connectivity index (χ2v) is 5.85. The molecule has 3 heterocycles. The third-order valence-corrected chi connectivity index (χ3v) is 4.06. The monoisotopic (exact) mass is 372 g/mol. The van der Waals surface area contributed by atoms with Crippen molar-refractivity contribution in [3.8, 4) is 0 Å². The number of furan rings is 1. The third kappa shape index (κ3) is 5.03. The summed E-state index contributed by atoms with van der Waals surface area (Å²) in [6.45, 7) is 1.97. The second-order valence-electron chi connectivity index (χ2n) is 5.85. The summed E-state index contributed by atoms with van der Waals surface area (Å²) in [4.78, 5) is 47.8. The molecule has 0 radical (unpaired) electrons. The van der Waals surface area contributed by atoms with Crippen molar-refractivity contribution in [3.05, 3.63) is 42.6 Å². The molecule has 2 N–H and O–H groups in total. The SMILES string of the molecule is O=C(CNC(=O)c1ccco1)NCC(=O)N1CCN(c2ncccn2)CC1. The van der Waals surface area contributed by atoms with E-state index in [-0.39, 0.29) is 24.8 Å². The number of rotatable bonds is 6. The van der Waals surface area contributed by atoms with Crippen LogP contribution in [0.4, 0.5) is 5.95 Å². The number of amides is 3. The maximum Gasteiger partial charge on any atom is 0.287 e. The van der Waals surface area contributed by atoms with Gasteiger partial charge in [-0.1, -0.05) is 0 Å². The number of hydrogen-bond donors (Lipinski definition) is 2. The second kappa shape index (κ2) is 8.79. The van der Waals surface area contributed by atoms with Gasteiger partial charge in [0.15, 0.2) is 5.76 Å². The highest BCUT2D eigenvalue weighted by Gasteiger charge is 2.22. The van der Waals surface area contributed by atoms with Gasteiger partial charge in [-0.2, -0.15) is 0 Å². The maximum absolute atomic E-state index is 12.2. The molecule has 0 unspecified atom stereocenters. The smallest absolute Gasteiger partial charge is 0.287 e. The minimum Gasteiger partial charge on any atom is -0.459 e. The van der Waals surface area contributed by atoms with Crippen LogP contribution in [0.25, 0.3) is 0 Å². The average Bonchev–Trinajstić information content (AvgIpc) is 3.26. The number of aromatic nitrogens is 2. The number of carbonyl (C=O) groups excluding carboxylic acids is 3. The van der Waals surface area contributed by atoms with Gasteiger partial charge >= 0.3 is 0 Å². The first-order chi connectivity index (χ1) is 13.1. The summed E-state index contributed by atoms with van der Waals surface area (Å²) in [5.41, 5.74) is 0. The van der Waals surface area contributed by atoms with Gasteiger partial charge in [0.2, 0.25) is 17.8 Å². The van der Waals surface area contributed by atoms with Crippen LogP contribution in [-0.2, 0) is 9.59 Å². The standard InChI is InChI=1S/C17H20N6O4/c24-14(11-21-16(26)13-3-1-10-27-13)20-12-15(25)22-6-8-23(9-7-22)17-18-4-2-5-19-17/h1-5,10H,6-9,11-12H2,(H,20,24)(H,21,26). The van der Waals surface area contributed by atoms with Gasteiger partial charge in [0.1, 0.15) is 0 Å². The molecular formula is C17H20N6O4. The van der Waals surface area contributed by atoms with Crippen molar-refractivity contribution < 1.29 is 18.8 Å². The van der Waals surface area contributed by atoms with E-state index in [0.717, 1.165) is 0 Å². The Bertz CT molecular complexity index is 772. The molecule has 142 valence electrons. The summed E-state index contributed by atoms with van der Waals surface area (Å²) in [6, 6.07) is 4.83. The van der Waals surface area contributed by atoms with Crippen molar-refractivity contribution >= 4 is 23.7 Å². The van der Waals surface area contributed by atoms with Gasteiger partial charge in [0, 0.05) is 38.6 Å². The van der Waals surface area contributed by atoms with Crippen LogP contribution < -0.4 is 15.5 Å². The van der Waals surface area contributed by atoms with Crippen molar-refractivity contribution in [3.63, 3.8) is 0 Å². The quantitative estimate of drug-likeness (QED) is 0.685. The molecule has 1 aliphatic heterocycles. The fraction of sp³-hybridized carbons (Fsp3) is 0.353. The Balaban J connectivity index is 1.36. The zero-order chi connectivity index (χ0) is 19.1. The summed E-state index contributed by atoms with van der Waals surface area (Å²) in [5.74, 6) is -0.334. The average molecular weight is 372 g/mol. The molecule has 2 aromatic rings. The highest BCUT2D eigenvalue weighted by Crippen LogP contribution is 2.09. The van der Waals surface area contributed by atoms with E-state index in [1.807, 2.05) is 4.90 Å². The molecule has 10 nitrogen and oxygen atoms in total. The van der Waals surface area contributed by atoms with Gasteiger partial charge in [0.25, 0.3) is 5.91 Å². The van der Waals surface area contributed by atoms with Crippen LogP contribution in [0.5, 0.6) is 0 Å². The molecule has 1 fully saturated rings. The van der Waals surface area contributed by atoms with E-state index >= 15 is 0 Å². The fourth-order valence-electron chi connectivity index (χ4n) is 2.61. The van der Waals surface area contributed by atoms with E-state index in [1.165, 1.54) is 12.3 Å². The van der Waals surface area contributed by atoms with Crippen LogP contribution in [-0.4, -0.2) is 71.9 Å². The Hall–Kier alpha value is -3.43. The van der Waals surface area contributed by atoms with E-state index < -0.39 is 11.8 Å². The molecule has 1 aliphatic rings. The van der Waals surface area contributed by atoms with E-state index in [2.05, 4.69) is 20.6 Å². The Kier molecular flexibility index (Phi) is 5.98. The number of anilines is 1. The molecule has 0 bridgehead atoms. The zero-order valence-corrected chi connectivity index (χ0v) is 14.6. The molecule has 0 aliphatic carbocycles. The van der Waals surface area contributed by atoms with Crippen LogP contribution in [0.3, 0.4) is 0 Å². The topological polar surface area (TPSA) is 121 Å². The summed E-state index contributed by atoms with van der Waals surface area (Å²) in [5, 5.41) is 4.93. The third-order valence-electron chi connectivity index (χ3n) is 4.06. The Morgan fingerprint density at radius 1 is 1.00 bits per heavy atom. The predicted octanol–water partition coefficient (Wildman–Crippen LogP) is -0.736. The largest absolute Gasteiger partial charge is 0.459 e. The normalized spacial score (nSPS) is 13.9. The lowest BCUT2D eigenvalue weighted by molar-refractivity contribution is -0.132. The van der Waals surface area contributed by atoms with Crippen molar-refractivity contribution in [1.29, 1.82) is 0 Å². The molecular weight excluding hydrogens is 352 g/mol. The van der Waals surface area contributed by atoms with Crippen molar-refractivity contribution in [2.75, 3.05) is 44.2 Å². The van der Waals surface area contributed by atoms with E-state index in [4.69, 9.17) is 4.42 Å². The molecule has 27 heavy (non-hydrogen) atoms. The molecule has 1 saturated heterocycles. The molecule has 3 amide bonds. The minimum atomic E-state index is -0.485. The molecule has 0 atom stereocenters. The van der Waals surface area contributed by atoms with Gasteiger partial charge in [-0.25, -0.2) is 9.97 Å². The Labute approximate surface area is 155 Å². The lowest BCUT2D eigenvalue weighted by Gasteiger charge is -2.34. The number of piperazine rings is 1. The van der Waals surface area contributed by atoms with Crippen LogP contribution >= 0.6 is 0 Å². The summed E-state index contributed by atoms with van der Waals surface area (Å²) < 4.78 is 4.93. The lowest BCUT2D eigenvalue weighted by Crippen LogP contribution is -2.52. The van der Waals surface area contributed by atoms with Gasteiger partial charge in [0.05, 0.1) is 19.4 Å². The summed E-state index contributed by atoms with van der Waals surface area (Å²) in [7, 11) is 0. The van der Waals surface area contributed by atoms with Gasteiger partial charge in [-0.15, -0.1) is 0 Å². The molecule has 0 saturated carbocycles. The summed E-state index contributed by atoms with van der Waals surface area (Å²) >= 11 is 0. The number of nitrogens with zero attached hydrogens (tertiary/aromatic N) is 4. The van der Waals surface area contributed by atoms with Crippen molar-refractivity contribution in [2.24, 2.45) is 0 Å². The highest BCUT2D eigenvalue weighted by atomic mass is 16.3. The van der Waals surface area contributed by atoms with Gasteiger partial charge in [-0.05, 0) is 18.2 Å². The Morgan fingerprint density at radius 3 is 2.41 bits per heavy atom. The molecule has 0 spiro atoms. The highest BCUT2D eigenvalue weighted by molar-refractivity contribution is 5.94. The van der Waals surface area contributed by atoms with Gasteiger partial charge in [-0.3, -0.25) is 14.4 Å². The molecule has 0 aromatic carbocycles. The van der Waals surface area contributed by atoms with Crippen LogP contribution in [0.15, 0.2) is 41.3 Å². The van der Waals surface area contributed by atoms with E-state index in [9.17, 15) is 14.4 Å². The van der Waals surface area contributed by atoms with Crippen LogP contribution in [0.1, 0.15) is 10.6 Å². The first-order valence-electron chi connectivity index (χ1n) is 8.51. The molecule has 10 heteroatoms. The molecule has 2 aromatic heterocycles. The number of carbonyl (C=O) groups is 3. The van der Waals surface area contributed by atoms with Crippen molar-refractivity contribution in [1.82, 2.24) is 25.5 Å². The lowest BCUT2D eigenvalue weighted by atomic mass is 10.3. The van der Waals surface area contributed by atoms with E-state index in [0.29, 0.717) is 32.1 Å². The Morgan fingerprint density at radius 2 is 1.74 bits per heavy atom. The summed E-state index contributed by atoms with van der Waals surface area (Å²) in [6.07, 6.45) is 4.73. The van der Waals surface area contributed by atoms with Crippen LogP contribution in [0.2, 0.25) is 0 Å². The number of nitrogens with one attached hydrogen (secondary N) is 2. The first-order valence-corrected chi connectivity index (χ1v) is 8.51. The predicted molar refractivity (Wildman–Crippen MR) is 94.9 cm³/mol. The first kappa shape index (κ1) is 18.4. The molecule has 3 rings (SSSR count). The maximum atomic E-state index is 12.2. The zero-order valence-electron chi connectivity index (χ0n) is 14.6. The number of hydrogen-bond acceptors (Lipinski definition) is 7. The minimum absolute atomic E-state index is 0.114. The fourth-order valence-corrected chi connectivity index (χ4v) is 2.61. The van der Waals surface area contributed by atoms with Crippen molar-refractivity contribution in [2.45, 2.75) is 0 Å².